The first kappa shape index (κ1) is 36.9. The van der Waals surface area contributed by atoms with Gasteiger partial charge < -0.3 is 48.8 Å². The van der Waals surface area contributed by atoms with Crippen molar-refractivity contribution in [2.24, 2.45) is 0 Å². The number of carboxylic acid groups (broad SMARTS) is 1. The van der Waals surface area contributed by atoms with Gasteiger partial charge in [0.05, 0.1) is 26.4 Å². The summed E-state index contributed by atoms with van der Waals surface area (Å²) in [7, 11) is -4.94. The Hall–Kier alpha value is -3.36. The summed E-state index contributed by atoms with van der Waals surface area (Å²) in [6.07, 6.45) is -14.5. The second kappa shape index (κ2) is 17.0. The first-order valence-electron chi connectivity index (χ1n) is 15.4. The molecule has 0 spiro atoms. The molecule has 2 aliphatic heterocycles. The molecule has 0 radical (unpaired) electrons. The molecule has 10 atom stereocenters. The van der Waals surface area contributed by atoms with Crippen LogP contribution in [0.1, 0.15) is 16.7 Å². The van der Waals surface area contributed by atoms with E-state index in [9.17, 15) is 38.2 Å². The van der Waals surface area contributed by atoms with Gasteiger partial charge in [-0.3, -0.25) is 4.55 Å². The molecule has 266 valence electrons. The summed E-state index contributed by atoms with van der Waals surface area (Å²) in [4.78, 5) is 12.1. The quantitative estimate of drug-likeness (QED) is 0.120. The third-order valence-corrected chi connectivity index (χ3v) is 8.59. The van der Waals surface area contributed by atoms with Crippen molar-refractivity contribution < 1.29 is 66.6 Å². The largest absolute Gasteiger partial charge is 0.479 e. The van der Waals surface area contributed by atoms with Crippen molar-refractivity contribution in [3.63, 3.8) is 0 Å². The van der Waals surface area contributed by atoms with Gasteiger partial charge in [0.2, 0.25) is 0 Å². The van der Waals surface area contributed by atoms with Crippen molar-refractivity contribution in [1.82, 2.24) is 4.72 Å². The summed E-state index contributed by atoms with van der Waals surface area (Å²) in [5.74, 6) is -1.57. The van der Waals surface area contributed by atoms with E-state index in [0.717, 1.165) is 0 Å². The average Bonchev–Trinajstić information content (AvgIpc) is 3.09. The van der Waals surface area contributed by atoms with Gasteiger partial charge in [0.15, 0.2) is 18.7 Å². The van der Waals surface area contributed by atoms with Crippen LogP contribution in [0.25, 0.3) is 0 Å². The zero-order chi connectivity index (χ0) is 35.0. The van der Waals surface area contributed by atoms with Crippen LogP contribution >= 0.6 is 0 Å². The number of carbonyl (C=O) groups is 1. The molecular formula is C33H39NO14S. The van der Waals surface area contributed by atoms with Crippen molar-refractivity contribution in [2.75, 3.05) is 6.61 Å². The summed E-state index contributed by atoms with van der Waals surface area (Å²) >= 11 is 0. The fourth-order valence-electron chi connectivity index (χ4n) is 5.64. The minimum atomic E-state index is -4.94. The zero-order valence-corrected chi connectivity index (χ0v) is 26.9. The molecule has 0 unspecified atom stereocenters. The molecule has 0 amide bonds. The molecule has 49 heavy (non-hydrogen) atoms. The summed E-state index contributed by atoms with van der Waals surface area (Å²) in [6, 6.07) is 24.9. The van der Waals surface area contributed by atoms with Gasteiger partial charge in [0, 0.05) is 0 Å². The van der Waals surface area contributed by atoms with Crippen molar-refractivity contribution in [3.05, 3.63) is 108 Å². The SMILES string of the molecule is O=C(O)[C@@H]1O[C@@H](O[C@H]2[C@H](OCc3ccccc3)[C@@H](NS(=O)(=O)O)[C@@H](OCc3ccccc3)O[C@@H]2CO)[C@H](O)[C@@H](OCc2ccccc2)[C@@H]1O. The molecule has 0 aromatic heterocycles. The van der Waals surface area contributed by atoms with Crippen LogP contribution < -0.4 is 4.72 Å². The van der Waals surface area contributed by atoms with Gasteiger partial charge in [-0.25, -0.2) is 4.79 Å². The molecule has 2 heterocycles. The first-order valence-corrected chi connectivity index (χ1v) is 16.9. The Morgan fingerprint density at radius 2 is 1.18 bits per heavy atom. The van der Waals surface area contributed by atoms with E-state index < -0.39 is 84.2 Å². The Labute approximate surface area is 282 Å². The Morgan fingerprint density at radius 3 is 1.65 bits per heavy atom. The Kier molecular flexibility index (Phi) is 12.8. The predicted molar refractivity (Wildman–Crippen MR) is 169 cm³/mol. The molecule has 2 saturated heterocycles. The van der Waals surface area contributed by atoms with E-state index in [1.165, 1.54) is 0 Å². The van der Waals surface area contributed by atoms with Crippen LogP contribution in [0.3, 0.4) is 0 Å². The molecule has 2 aliphatic rings. The van der Waals surface area contributed by atoms with E-state index in [-0.39, 0.29) is 19.8 Å². The van der Waals surface area contributed by atoms with Crippen molar-refractivity contribution in [1.29, 1.82) is 0 Å². The molecule has 6 N–H and O–H groups in total. The lowest BCUT2D eigenvalue weighted by molar-refractivity contribution is -0.351. The molecule has 0 saturated carbocycles. The highest BCUT2D eigenvalue weighted by Crippen LogP contribution is 2.33. The van der Waals surface area contributed by atoms with Gasteiger partial charge in [-0.1, -0.05) is 91.0 Å². The van der Waals surface area contributed by atoms with Crippen LogP contribution in [-0.2, 0) is 63.3 Å². The summed E-state index contributed by atoms with van der Waals surface area (Å²) in [6.45, 7) is -1.02. The molecule has 0 bridgehead atoms. The Bertz CT molecular complexity index is 1570. The highest BCUT2D eigenvalue weighted by Gasteiger charge is 2.54. The van der Waals surface area contributed by atoms with Crippen LogP contribution in [0.15, 0.2) is 91.0 Å². The molecular weight excluding hydrogens is 666 g/mol. The summed E-state index contributed by atoms with van der Waals surface area (Å²) in [5.41, 5.74) is 2.04. The number of aliphatic carboxylic acids is 1. The number of ether oxygens (including phenoxy) is 6. The minimum Gasteiger partial charge on any atom is -0.479 e. The number of rotatable bonds is 15. The summed E-state index contributed by atoms with van der Waals surface area (Å²) < 4.78 is 71.9. The third-order valence-electron chi connectivity index (χ3n) is 8.02. The predicted octanol–water partition coefficient (Wildman–Crippen LogP) is 0.769. The average molecular weight is 706 g/mol. The lowest BCUT2D eigenvalue weighted by atomic mass is 9.95. The maximum Gasteiger partial charge on any atom is 0.335 e. The van der Waals surface area contributed by atoms with Crippen molar-refractivity contribution >= 4 is 16.3 Å². The number of nitrogens with one attached hydrogen (secondary N) is 1. The fraction of sp³-hybridized carbons (Fsp3) is 0.424. The topological polar surface area (TPSA) is 220 Å². The molecule has 16 heteroatoms. The van der Waals surface area contributed by atoms with E-state index in [1.807, 2.05) is 0 Å². The first-order chi connectivity index (χ1) is 23.5. The Balaban J connectivity index is 1.45. The number of benzene rings is 3. The minimum absolute atomic E-state index is 0.0622. The Morgan fingerprint density at radius 1 is 0.694 bits per heavy atom. The lowest BCUT2D eigenvalue weighted by Gasteiger charge is -2.48. The smallest absolute Gasteiger partial charge is 0.335 e. The number of aliphatic hydroxyl groups is 3. The second-order valence-electron chi connectivity index (χ2n) is 11.5. The lowest BCUT2D eigenvalue weighted by Crippen LogP contribution is -2.68. The normalized spacial score (nSPS) is 30.5. The van der Waals surface area contributed by atoms with Gasteiger partial charge in [-0.2, -0.15) is 13.1 Å². The molecule has 5 rings (SSSR count). The zero-order valence-electron chi connectivity index (χ0n) is 26.1. The second-order valence-corrected chi connectivity index (χ2v) is 12.7. The van der Waals surface area contributed by atoms with Gasteiger partial charge in [0.25, 0.3) is 0 Å². The molecule has 3 aromatic rings. The van der Waals surface area contributed by atoms with Gasteiger partial charge >= 0.3 is 16.3 Å². The monoisotopic (exact) mass is 705 g/mol. The van der Waals surface area contributed by atoms with E-state index in [2.05, 4.69) is 4.72 Å². The van der Waals surface area contributed by atoms with E-state index in [4.69, 9.17) is 28.4 Å². The number of hydrogen-bond donors (Lipinski definition) is 6. The van der Waals surface area contributed by atoms with Crippen LogP contribution in [0, 0.1) is 0 Å². The van der Waals surface area contributed by atoms with Crippen LogP contribution in [0.2, 0.25) is 0 Å². The highest BCUT2D eigenvalue weighted by atomic mass is 32.2. The fourth-order valence-corrected chi connectivity index (χ4v) is 6.23. The number of hydrogen-bond acceptors (Lipinski definition) is 12. The standard InChI is InChI=1S/C33H39NO14S/c35-16-23-27(47-33-26(37)29(25(36)30(48-33)31(38)39)44-18-21-12-6-2-7-13-21)28(43-17-20-10-4-1-5-11-20)24(34-49(40,41)42)32(46-23)45-19-22-14-8-3-9-15-22/h1-15,23-30,32-37H,16-19H2,(H,38,39)(H,40,41,42)/t23-,24-,25+,26-,27-,28-,29+,30-,32+,33-/m1/s1. The third kappa shape index (κ3) is 9.88. The maximum atomic E-state index is 12.2. The van der Waals surface area contributed by atoms with Gasteiger partial charge in [-0.05, 0) is 16.7 Å². The van der Waals surface area contributed by atoms with E-state index in [0.29, 0.717) is 16.7 Å². The number of aliphatic hydroxyl groups excluding tert-OH is 3. The number of carboxylic acids is 1. The van der Waals surface area contributed by atoms with Crippen LogP contribution in [-0.4, -0.2) is 107 Å². The molecule has 0 aliphatic carbocycles. The molecule has 2 fully saturated rings. The summed E-state index contributed by atoms with van der Waals surface area (Å²) in [5, 5.41) is 42.5. The van der Waals surface area contributed by atoms with Crippen molar-refractivity contribution in [2.45, 2.75) is 81.2 Å². The highest BCUT2D eigenvalue weighted by molar-refractivity contribution is 7.83. The van der Waals surface area contributed by atoms with Gasteiger partial charge in [-0.15, -0.1) is 0 Å². The van der Waals surface area contributed by atoms with Gasteiger partial charge in [0.1, 0.15) is 42.7 Å². The van der Waals surface area contributed by atoms with Crippen LogP contribution in [0.5, 0.6) is 0 Å². The maximum absolute atomic E-state index is 12.2. The molecule has 15 nitrogen and oxygen atoms in total. The van der Waals surface area contributed by atoms with Crippen LogP contribution in [0.4, 0.5) is 0 Å². The van der Waals surface area contributed by atoms with E-state index in [1.54, 1.807) is 91.0 Å². The van der Waals surface area contributed by atoms with Crippen molar-refractivity contribution in [3.8, 4) is 0 Å². The molecule has 3 aromatic carbocycles. The van der Waals surface area contributed by atoms with E-state index >= 15 is 0 Å².